The Morgan fingerprint density at radius 3 is 2.70 bits per heavy atom. The molecule has 0 rings (SSSR count). The Hall–Kier alpha value is 0.0500. The Labute approximate surface area is 67.5 Å². The van der Waals surface area contributed by atoms with Crippen molar-refractivity contribution in [3.8, 4) is 0 Å². The summed E-state index contributed by atoms with van der Waals surface area (Å²) in [4.78, 5) is 0. The van der Waals surface area contributed by atoms with Gasteiger partial charge in [0, 0.05) is 0 Å². The summed E-state index contributed by atoms with van der Waals surface area (Å²) in [5.41, 5.74) is 1.06. The van der Waals surface area contributed by atoms with Crippen molar-refractivity contribution < 1.29 is 5.11 Å². The Kier molecular flexibility index (Phi) is 5.84. The van der Waals surface area contributed by atoms with Gasteiger partial charge in [-0.2, -0.15) is 11.8 Å². The predicted octanol–water partition coefficient (Wildman–Crippen LogP) is 2.07. The summed E-state index contributed by atoms with van der Waals surface area (Å²) >= 11 is 1.77. The summed E-state index contributed by atoms with van der Waals surface area (Å²) in [5, 5.41) is 9.28. The second-order valence-corrected chi connectivity index (χ2v) is 3.58. The standard InChI is InChI=1S/C8H16OS/c1-7(2)6-8(9)4-5-10-3/h8-9H,1,4-6H2,2-3H3. The van der Waals surface area contributed by atoms with Gasteiger partial charge in [0.15, 0.2) is 0 Å². The molecule has 0 aliphatic carbocycles. The van der Waals surface area contributed by atoms with Crippen molar-refractivity contribution in [2.24, 2.45) is 0 Å². The number of aliphatic hydroxyl groups is 1. The molecule has 1 atom stereocenters. The molecule has 10 heavy (non-hydrogen) atoms. The number of hydrogen-bond donors (Lipinski definition) is 1. The number of thioether (sulfide) groups is 1. The van der Waals surface area contributed by atoms with Gasteiger partial charge >= 0.3 is 0 Å². The first-order chi connectivity index (χ1) is 4.66. The molecule has 0 heterocycles. The predicted molar refractivity (Wildman–Crippen MR) is 48.4 cm³/mol. The highest BCUT2D eigenvalue weighted by Gasteiger charge is 2.01. The summed E-state index contributed by atoms with van der Waals surface area (Å²) in [6.07, 6.45) is 3.51. The molecule has 0 aromatic carbocycles. The van der Waals surface area contributed by atoms with Crippen LogP contribution in [0.15, 0.2) is 12.2 Å². The summed E-state index contributed by atoms with van der Waals surface area (Å²) in [5.74, 6) is 1.04. The van der Waals surface area contributed by atoms with Crippen LogP contribution in [0.4, 0.5) is 0 Å². The van der Waals surface area contributed by atoms with Crippen LogP contribution in [0.3, 0.4) is 0 Å². The molecular formula is C8H16OS. The largest absolute Gasteiger partial charge is 0.393 e. The minimum absolute atomic E-state index is 0.176. The molecule has 0 bridgehead atoms. The van der Waals surface area contributed by atoms with Crippen LogP contribution in [0.2, 0.25) is 0 Å². The quantitative estimate of drug-likeness (QED) is 0.621. The van der Waals surface area contributed by atoms with Gasteiger partial charge in [0.2, 0.25) is 0 Å². The van der Waals surface area contributed by atoms with E-state index in [2.05, 4.69) is 6.58 Å². The van der Waals surface area contributed by atoms with Crippen molar-refractivity contribution in [3.63, 3.8) is 0 Å². The molecule has 0 aliphatic rings. The van der Waals surface area contributed by atoms with E-state index in [4.69, 9.17) is 0 Å². The first kappa shape index (κ1) is 10.0. The first-order valence-corrected chi connectivity index (χ1v) is 4.87. The smallest absolute Gasteiger partial charge is 0.0585 e. The molecule has 0 aliphatic heterocycles. The maximum Gasteiger partial charge on any atom is 0.0585 e. The molecule has 0 aromatic rings. The van der Waals surface area contributed by atoms with Gasteiger partial charge in [-0.05, 0) is 31.8 Å². The van der Waals surface area contributed by atoms with Crippen LogP contribution in [0.25, 0.3) is 0 Å². The zero-order chi connectivity index (χ0) is 7.98. The molecule has 0 spiro atoms. The third kappa shape index (κ3) is 6.17. The van der Waals surface area contributed by atoms with Crippen molar-refractivity contribution in [1.29, 1.82) is 0 Å². The molecule has 0 radical (unpaired) electrons. The molecule has 2 heteroatoms. The van der Waals surface area contributed by atoms with Gasteiger partial charge in [0.1, 0.15) is 0 Å². The molecule has 1 nitrogen and oxygen atoms in total. The van der Waals surface area contributed by atoms with Gasteiger partial charge in [-0.25, -0.2) is 0 Å². The van der Waals surface area contributed by atoms with Crippen LogP contribution in [-0.4, -0.2) is 23.2 Å². The van der Waals surface area contributed by atoms with E-state index in [0.29, 0.717) is 0 Å². The molecule has 0 saturated carbocycles. The van der Waals surface area contributed by atoms with Gasteiger partial charge in [0.05, 0.1) is 6.10 Å². The lowest BCUT2D eigenvalue weighted by atomic mass is 10.1. The van der Waals surface area contributed by atoms with E-state index in [1.54, 1.807) is 11.8 Å². The van der Waals surface area contributed by atoms with E-state index >= 15 is 0 Å². The van der Waals surface area contributed by atoms with E-state index in [9.17, 15) is 5.11 Å². The molecule has 0 amide bonds. The van der Waals surface area contributed by atoms with Crippen LogP contribution in [0.5, 0.6) is 0 Å². The van der Waals surface area contributed by atoms with Crippen LogP contribution in [-0.2, 0) is 0 Å². The van der Waals surface area contributed by atoms with E-state index in [0.717, 1.165) is 24.2 Å². The fourth-order valence-electron chi connectivity index (χ4n) is 0.758. The zero-order valence-corrected chi connectivity index (χ0v) is 7.58. The maximum atomic E-state index is 9.28. The number of hydrogen-bond acceptors (Lipinski definition) is 2. The first-order valence-electron chi connectivity index (χ1n) is 3.48. The van der Waals surface area contributed by atoms with Crippen LogP contribution < -0.4 is 0 Å². The fraction of sp³-hybridized carbons (Fsp3) is 0.750. The second-order valence-electron chi connectivity index (χ2n) is 2.60. The lowest BCUT2D eigenvalue weighted by molar-refractivity contribution is 0.172. The minimum Gasteiger partial charge on any atom is -0.393 e. The highest BCUT2D eigenvalue weighted by molar-refractivity contribution is 7.98. The molecule has 0 aromatic heterocycles. The summed E-state index contributed by atoms with van der Waals surface area (Å²) in [7, 11) is 0. The molecule has 1 N–H and O–H groups in total. The highest BCUT2D eigenvalue weighted by atomic mass is 32.2. The van der Waals surface area contributed by atoms with Gasteiger partial charge in [0.25, 0.3) is 0 Å². The van der Waals surface area contributed by atoms with E-state index < -0.39 is 0 Å². The third-order valence-corrected chi connectivity index (χ3v) is 1.88. The Bertz CT molecular complexity index is 101. The average molecular weight is 160 g/mol. The van der Waals surface area contributed by atoms with Crippen molar-refractivity contribution in [2.75, 3.05) is 12.0 Å². The molecular weight excluding hydrogens is 144 g/mol. The van der Waals surface area contributed by atoms with Crippen LogP contribution in [0.1, 0.15) is 19.8 Å². The Balaban J connectivity index is 3.25. The van der Waals surface area contributed by atoms with Crippen LogP contribution in [0, 0.1) is 0 Å². The van der Waals surface area contributed by atoms with E-state index in [-0.39, 0.29) is 6.10 Å². The SMILES string of the molecule is C=C(C)CC(O)CCSC. The number of aliphatic hydroxyl groups excluding tert-OH is 1. The van der Waals surface area contributed by atoms with E-state index in [1.807, 2.05) is 13.2 Å². The van der Waals surface area contributed by atoms with Gasteiger partial charge in [-0.1, -0.05) is 5.57 Å². The second kappa shape index (κ2) is 5.81. The number of rotatable bonds is 5. The monoisotopic (exact) mass is 160 g/mol. The van der Waals surface area contributed by atoms with Gasteiger partial charge in [-0.3, -0.25) is 0 Å². The summed E-state index contributed by atoms with van der Waals surface area (Å²) in [6, 6.07) is 0. The minimum atomic E-state index is -0.176. The highest BCUT2D eigenvalue weighted by Crippen LogP contribution is 2.07. The third-order valence-electron chi connectivity index (χ3n) is 1.24. The van der Waals surface area contributed by atoms with Crippen LogP contribution >= 0.6 is 11.8 Å². The van der Waals surface area contributed by atoms with Crippen molar-refractivity contribution in [1.82, 2.24) is 0 Å². The lowest BCUT2D eigenvalue weighted by Crippen LogP contribution is -2.07. The van der Waals surface area contributed by atoms with Gasteiger partial charge in [-0.15, -0.1) is 6.58 Å². The van der Waals surface area contributed by atoms with Crippen molar-refractivity contribution >= 4 is 11.8 Å². The summed E-state index contributed by atoms with van der Waals surface area (Å²) in [6.45, 7) is 5.68. The normalized spacial score (nSPS) is 13.1. The topological polar surface area (TPSA) is 20.2 Å². The molecule has 0 fully saturated rings. The maximum absolute atomic E-state index is 9.28. The summed E-state index contributed by atoms with van der Waals surface area (Å²) < 4.78 is 0. The zero-order valence-electron chi connectivity index (χ0n) is 6.76. The average Bonchev–Trinajstić information content (AvgIpc) is 1.82. The van der Waals surface area contributed by atoms with Gasteiger partial charge < -0.3 is 5.11 Å². The molecule has 1 unspecified atom stereocenters. The molecule has 0 saturated heterocycles. The van der Waals surface area contributed by atoms with Crippen molar-refractivity contribution in [2.45, 2.75) is 25.9 Å². The molecule has 60 valence electrons. The van der Waals surface area contributed by atoms with E-state index in [1.165, 1.54) is 0 Å². The Morgan fingerprint density at radius 1 is 1.70 bits per heavy atom. The Morgan fingerprint density at radius 2 is 2.30 bits per heavy atom. The lowest BCUT2D eigenvalue weighted by Gasteiger charge is -2.07. The fourth-order valence-corrected chi connectivity index (χ4v) is 1.27. The van der Waals surface area contributed by atoms with Crippen molar-refractivity contribution in [3.05, 3.63) is 12.2 Å².